The number of nitrogens with one attached hydrogen (secondary N) is 1. The minimum atomic E-state index is -3.24. The van der Waals surface area contributed by atoms with E-state index in [-0.39, 0.29) is 13.2 Å². The van der Waals surface area contributed by atoms with Gasteiger partial charge in [0.1, 0.15) is 17.1 Å². The van der Waals surface area contributed by atoms with Crippen molar-refractivity contribution >= 4 is 54.2 Å². The lowest BCUT2D eigenvalue weighted by atomic mass is 10.1. The summed E-state index contributed by atoms with van der Waals surface area (Å²) in [4.78, 5) is 25.3. The maximum absolute atomic E-state index is 12.3. The highest BCUT2D eigenvalue weighted by Gasteiger charge is 2.13. The molecule has 0 saturated carbocycles. The summed E-state index contributed by atoms with van der Waals surface area (Å²) < 4.78 is 35.8. The third-order valence-electron chi connectivity index (χ3n) is 3.75. The van der Waals surface area contributed by atoms with Crippen LogP contribution in [0.3, 0.4) is 0 Å². The van der Waals surface area contributed by atoms with Crippen molar-refractivity contribution in [1.82, 2.24) is 4.72 Å². The number of rotatable bonds is 7. The molecule has 0 unspecified atom stereocenters. The Morgan fingerprint density at radius 1 is 1.25 bits per heavy atom. The molecule has 0 saturated heterocycles. The average Bonchev–Trinajstić information content (AvgIpc) is 3.06. The first-order valence-electron chi connectivity index (χ1n) is 8.14. The molecule has 0 radical (unpaired) electrons. The van der Waals surface area contributed by atoms with Gasteiger partial charge in [0, 0.05) is 32.9 Å². The monoisotopic (exact) mass is 485 g/mol. The maximum atomic E-state index is 12.3. The highest BCUT2D eigenvalue weighted by Crippen LogP contribution is 2.23. The Morgan fingerprint density at radius 2 is 2.04 bits per heavy atom. The molecule has 2 heterocycles. The van der Waals surface area contributed by atoms with E-state index in [2.05, 4.69) is 20.7 Å². The zero-order chi connectivity index (χ0) is 20.3. The summed E-state index contributed by atoms with van der Waals surface area (Å²) in [5, 5.41) is 0.689. The fourth-order valence-electron chi connectivity index (χ4n) is 2.52. The minimum Gasteiger partial charge on any atom is -0.457 e. The van der Waals surface area contributed by atoms with E-state index in [9.17, 15) is 18.0 Å². The van der Waals surface area contributed by atoms with E-state index in [1.807, 2.05) is 6.07 Å². The fraction of sp³-hybridized carbons (Fsp3) is 0.222. The molecule has 10 heteroatoms. The molecule has 1 N–H and O–H groups in total. The summed E-state index contributed by atoms with van der Waals surface area (Å²) in [6.07, 6.45) is 1.57. The van der Waals surface area contributed by atoms with E-state index in [4.69, 9.17) is 9.15 Å². The van der Waals surface area contributed by atoms with Crippen molar-refractivity contribution in [3.8, 4) is 0 Å². The van der Waals surface area contributed by atoms with E-state index >= 15 is 0 Å². The number of fused-ring (bicyclic) bond motifs is 1. The van der Waals surface area contributed by atoms with Gasteiger partial charge in [-0.15, -0.1) is 11.3 Å². The van der Waals surface area contributed by atoms with Crippen LogP contribution in [0.4, 0.5) is 0 Å². The second kappa shape index (κ2) is 8.56. The first-order valence-corrected chi connectivity index (χ1v) is 11.6. The van der Waals surface area contributed by atoms with Crippen molar-refractivity contribution in [2.45, 2.75) is 13.0 Å². The molecule has 0 aliphatic heterocycles. The zero-order valence-electron chi connectivity index (χ0n) is 14.7. The van der Waals surface area contributed by atoms with Crippen molar-refractivity contribution in [3.05, 3.63) is 66.6 Å². The first-order chi connectivity index (χ1) is 13.2. The number of benzene rings is 1. The molecule has 0 fully saturated rings. The quantitative estimate of drug-likeness (QED) is 0.407. The summed E-state index contributed by atoms with van der Waals surface area (Å²) in [6, 6.07) is 9.97. The molecule has 0 spiro atoms. The Labute approximate surface area is 173 Å². The van der Waals surface area contributed by atoms with Crippen LogP contribution >= 0.6 is 27.3 Å². The molecular weight excluding hydrogens is 470 g/mol. The molecule has 0 aliphatic rings. The van der Waals surface area contributed by atoms with Gasteiger partial charge >= 0.3 is 11.6 Å². The van der Waals surface area contributed by atoms with Crippen molar-refractivity contribution in [2.75, 3.05) is 12.8 Å². The SMILES string of the molecule is CS(=O)(=O)NCCc1ccc(C(=O)OCc2cc(=O)oc3cc(Br)ccc23)s1. The van der Waals surface area contributed by atoms with Gasteiger partial charge in [0.15, 0.2) is 0 Å². The van der Waals surface area contributed by atoms with E-state index < -0.39 is 21.6 Å². The molecule has 3 aromatic rings. The van der Waals surface area contributed by atoms with Crippen LogP contribution in [-0.2, 0) is 27.8 Å². The van der Waals surface area contributed by atoms with Crippen molar-refractivity contribution in [3.63, 3.8) is 0 Å². The Hall–Kier alpha value is -2.01. The molecule has 0 atom stereocenters. The zero-order valence-corrected chi connectivity index (χ0v) is 17.9. The van der Waals surface area contributed by atoms with Crippen molar-refractivity contribution < 1.29 is 22.4 Å². The Morgan fingerprint density at radius 3 is 2.79 bits per heavy atom. The van der Waals surface area contributed by atoms with Gasteiger partial charge in [-0.2, -0.15) is 0 Å². The normalized spacial score (nSPS) is 11.6. The molecule has 2 aromatic heterocycles. The number of ether oxygens (including phenoxy) is 1. The average molecular weight is 486 g/mol. The van der Waals surface area contributed by atoms with Gasteiger partial charge in [-0.25, -0.2) is 22.7 Å². The van der Waals surface area contributed by atoms with Crippen molar-refractivity contribution in [1.29, 1.82) is 0 Å². The number of sulfonamides is 1. The molecule has 0 aliphatic carbocycles. The molecule has 0 amide bonds. The lowest BCUT2D eigenvalue weighted by Gasteiger charge is -2.06. The van der Waals surface area contributed by atoms with Crippen LogP contribution in [0.15, 0.2) is 50.1 Å². The molecule has 148 valence electrons. The van der Waals surface area contributed by atoms with Gasteiger partial charge in [-0.1, -0.05) is 15.9 Å². The third kappa shape index (κ3) is 5.51. The number of esters is 1. The smallest absolute Gasteiger partial charge is 0.348 e. The Balaban J connectivity index is 1.66. The first kappa shape index (κ1) is 20.7. The second-order valence-electron chi connectivity index (χ2n) is 5.99. The lowest BCUT2D eigenvalue weighted by molar-refractivity contribution is 0.0479. The second-order valence-corrected chi connectivity index (χ2v) is 9.91. The summed E-state index contributed by atoms with van der Waals surface area (Å²) in [5.74, 6) is -0.508. The molecular formula is C18H16BrNO6S2. The maximum Gasteiger partial charge on any atom is 0.348 e. The van der Waals surface area contributed by atoms with Crippen LogP contribution in [0, 0.1) is 0 Å². The molecule has 3 rings (SSSR count). The number of hydrogen-bond donors (Lipinski definition) is 1. The van der Waals surface area contributed by atoms with Crippen LogP contribution in [-0.4, -0.2) is 27.2 Å². The van der Waals surface area contributed by atoms with E-state index in [1.165, 1.54) is 17.4 Å². The van der Waals surface area contributed by atoms with Crippen LogP contribution in [0.1, 0.15) is 20.1 Å². The largest absolute Gasteiger partial charge is 0.457 e. The van der Waals surface area contributed by atoms with E-state index in [0.29, 0.717) is 27.8 Å². The van der Waals surface area contributed by atoms with E-state index in [1.54, 1.807) is 24.3 Å². The van der Waals surface area contributed by atoms with Crippen LogP contribution in [0.25, 0.3) is 11.0 Å². The van der Waals surface area contributed by atoms with Crippen molar-refractivity contribution in [2.24, 2.45) is 0 Å². The number of carbonyl (C=O) groups excluding carboxylic acids is 1. The lowest BCUT2D eigenvalue weighted by Crippen LogP contribution is -2.23. The summed E-state index contributed by atoms with van der Waals surface area (Å²) in [6.45, 7) is 0.195. The molecule has 7 nitrogen and oxygen atoms in total. The van der Waals surface area contributed by atoms with E-state index in [0.717, 1.165) is 15.6 Å². The standard InChI is InChI=1S/C18H16BrNO6S2/c1-28(23,24)20-7-6-13-3-5-16(27-13)18(22)25-10-11-8-17(21)26-15-9-12(19)2-4-14(11)15/h2-5,8-9,20H,6-7,10H2,1H3. The summed E-state index contributed by atoms with van der Waals surface area (Å²) in [7, 11) is -3.24. The van der Waals surface area contributed by atoms with Gasteiger partial charge < -0.3 is 9.15 Å². The van der Waals surface area contributed by atoms with Gasteiger partial charge in [0.05, 0.1) is 6.26 Å². The number of thiophene rings is 1. The van der Waals surface area contributed by atoms with Crippen LogP contribution in [0.2, 0.25) is 0 Å². The number of hydrogen-bond acceptors (Lipinski definition) is 7. The predicted molar refractivity (Wildman–Crippen MR) is 110 cm³/mol. The Kier molecular flexibility index (Phi) is 6.33. The molecule has 28 heavy (non-hydrogen) atoms. The highest BCUT2D eigenvalue weighted by atomic mass is 79.9. The van der Waals surface area contributed by atoms with Gasteiger partial charge in [0.2, 0.25) is 10.0 Å². The predicted octanol–water partition coefficient (Wildman–Crippen LogP) is 3.07. The van der Waals surface area contributed by atoms with Gasteiger partial charge in [-0.05, 0) is 36.8 Å². The highest BCUT2D eigenvalue weighted by molar-refractivity contribution is 9.10. The summed E-state index contributed by atoms with van der Waals surface area (Å²) in [5.41, 5.74) is 0.444. The van der Waals surface area contributed by atoms with Gasteiger partial charge in [-0.3, -0.25) is 0 Å². The third-order valence-corrected chi connectivity index (χ3v) is 6.10. The minimum absolute atomic E-state index is 0.0641. The number of halogens is 1. The Bertz CT molecular complexity index is 1180. The molecule has 1 aromatic carbocycles. The van der Waals surface area contributed by atoms with Crippen LogP contribution < -0.4 is 10.3 Å². The van der Waals surface area contributed by atoms with Gasteiger partial charge in [0.25, 0.3) is 0 Å². The topological polar surface area (TPSA) is 103 Å². The number of carbonyl (C=O) groups is 1. The van der Waals surface area contributed by atoms with Crippen LogP contribution in [0.5, 0.6) is 0 Å². The fourth-order valence-corrected chi connectivity index (χ4v) is 4.23. The summed E-state index contributed by atoms with van der Waals surface area (Å²) >= 11 is 4.56. The molecule has 0 bridgehead atoms.